The molecule has 1 aromatic rings. The number of esters is 1. The second-order valence-corrected chi connectivity index (χ2v) is 4.53. The van der Waals surface area contributed by atoms with Crippen LogP contribution in [0.2, 0.25) is 0 Å². The van der Waals surface area contributed by atoms with E-state index >= 15 is 0 Å². The van der Waals surface area contributed by atoms with E-state index in [2.05, 4.69) is 4.98 Å². The number of Topliss-reactive ketones (excluding diaryl/α,β-unsaturated/α-hetero) is 1. The fourth-order valence-electron chi connectivity index (χ4n) is 2.16. The molecule has 1 saturated heterocycles. The molecule has 1 fully saturated rings. The third kappa shape index (κ3) is 3.01. The Balaban J connectivity index is 2.01. The molecule has 1 atom stereocenters. The zero-order chi connectivity index (χ0) is 14.5. The first-order valence-electron chi connectivity index (χ1n) is 6.52. The number of carbonyl (C=O) groups is 3. The van der Waals surface area contributed by atoms with Gasteiger partial charge in [-0.3, -0.25) is 19.4 Å². The van der Waals surface area contributed by atoms with E-state index < -0.39 is 11.9 Å². The van der Waals surface area contributed by atoms with Crippen LogP contribution in [0.15, 0.2) is 24.5 Å². The third-order valence-corrected chi connectivity index (χ3v) is 3.19. The van der Waals surface area contributed by atoms with E-state index in [0.29, 0.717) is 18.5 Å². The first kappa shape index (κ1) is 14.2. The maximum Gasteiger partial charge on any atom is 0.316 e. The Morgan fingerprint density at radius 3 is 2.90 bits per heavy atom. The molecule has 0 spiro atoms. The summed E-state index contributed by atoms with van der Waals surface area (Å²) in [6.45, 7) is 2.25. The van der Waals surface area contributed by atoms with Crippen molar-refractivity contribution in [3.63, 3.8) is 0 Å². The van der Waals surface area contributed by atoms with Crippen LogP contribution in [-0.4, -0.2) is 47.2 Å². The minimum absolute atomic E-state index is 0.0583. The summed E-state index contributed by atoms with van der Waals surface area (Å²) < 4.78 is 4.86. The zero-order valence-corrected chi connectivity index (χ0v) is 11.2. The van der Waals surface area contributed by atoms with Crippen molar-refractivity contribution in [2.75, 3.05) is 19.7 Å². The lowest BCUT2D eigenvalue weighted by Crippen LogP contribution is -2.46. The predicted molar refractivity (Wildman–Crippen MR) is 69.9 cm³/mol. The summed E-state index contributed by atoms with van der Waals surface area (Å²) in [5.74, 6) is -1.75. The molecule has 0 N–H and O–H groups in total. The van der Waals surface area contributed by atoms with Crippen LogP contribution >= 0.6 is 0 Å². The van der Waals surface area contributed by atoms with Crippen molar-refractivity contribution in [1.82, 2.24) is 9.88 Å². The molecule has 1 aliphatic heterocycles. The molecule has 106 valence electrons. The van der Waals surface area contributed by atoms with Crippen molar-refractivity contribution < 1.29 is 19.1 Å². The highest BCUT2D eigenvalue weighted by Gasteiger charge is 2.35. The van der Waals surface area contributed by atoms with Crippen molar-refractivity contribution in [3.05, 3.63) is 30.1 Å². The number of hydrogen-bond acceptors (Lipinski definition) is 5. The topological polar surface area (TPSA) is 76.6 Å². The van der Waals surface area contributed by atoms with Gasteiger partial charge in [0.05, 0.1) is 18.7 Å². The van der Waals surface area contributed by atoms with Gasteiger partial charge in [0.2, 0.25) is 0 Å². The van der Waals surface area contributed by atoms with Gasteiger partial charge in [0.15, 0.2) is 5.78 Å². The van der Waals surface area contributed by atoms with Crippen LogP contribution < -0.4 is 0 Å². The molecular formula is C14H16N2O4. The van der Waals surface area contributed by atoms with Crippen LogP contribution in [0.3, 0.4) is 0 Å². The Bertz CT molecular complexity index is 515. The highest BCUT2D eigenvalue weighted by molar-refractivity contribution is 6.03. The highest BCUT2D eigenvalue weighted by atomic mass is 16.5. The lowest BCUT2D eigenvalue weighted by molar-refractivity contribution is -0.153. The molecule has 2 rings (SSSR count). The van der Waals surface area contributed by atoms with E-state index in [9.17, 15) is 14.4 Å². The Morgan fingerprint density at radius 2 is 2.30 bits per heavy atom. The van der Waals surface area contributed by atoms with Gasteiger partial charge in [0.1, 0.15) is 5.92 Å². The summed E-state index contributed by atoms with van der Waals surface area (Å²) in [4.78, 5) is 41.0. The van der Waals surface area contributed by atoms with Gasteiger partial charge in [-0.2, -0.15) is 0 Å². The number of rotatable bonds is 3. The highest BCUT2D eigenvalue weighted by Crippen LogP contribution is 2.17. The third-order valence-electron chi connectivity index (χ3n) is 3.19. The van der Waals surface area contributed by atoms with Gasteiger partial charge in [-0.1, -0.05) is 0 Å². The van der Waals surface area contributed by atoms with Crippen LogP contribution in [0.1, 0.15) is 23.7 Å². The van der Waals surface area contributed by atoms with Crippen LogP contribution in [-0.2, 0) is 14.3 Å². The second kappa shape index (κ2) is 6.27. The number of nitrogens with zero attached hydrogens (tertiary/aromatic N) is 2. The summed E-state index contributed by atoms with van der Waals surface area (Å²) in [5, 5.41) is 0. The Morgan fingerprint density at radius 1 is 1.50 bits per heavy atom. The molecule has 6 heteroatoms. The lowest BCUT2D eigenvalue weighted by Gasteiger charge is -2.29. The first-order valence-corrected chi connectivity index (χ1v) is 6.52. The molecule has 1 unspecified atom stereocenters. The molecule has 1 aromatic heterocycles. The predicted octanol–water partition coefficient (Wildman–Crippen LogP) is 0.676. The van der Waals surface area contributed by atoms with E-state index in [1.807, 2.05) is 0 Å². The minimum atomic E-state index is -0.743. The molecule has 1 amide bonds. The molecular weight excluding hydrogens is 260 g/mol. The monoisotopic (exact) mass is 276 g/mol. The summed E-state index contributed by atoms with van der Waals surface area (Å²) in [5.41, 5.74) is 0.440. The van der Waals surface area contributed by atoms with Gasteiger partial charge < -0.3 is 9.64 Å². The number of pyridine rings is 1. The molecule has 0 radical (unpaired) electrons. The van der Waals surface area contributed by atoms with Crippen molar-refractivity contribution in [1.29, 1.82) is 0 Å². The largest absolute Gasteiger partial charge is 0.465 e. The standard InChI is InChI=1S/C14H16N2O4/c1-2-20-14(19)11-5-7-16(9-12(11)17)13(18)10-4-3-6-15-8-10/h3-4,6,8,11H,2,5,7,9H2,1H3. The van der Waals surface area contributed by atoms with E-state index in [-0.39, 0.29) is 24.8 Å². The summed E-state index contributed by atoms with van der Waals surface area (Å²) in [6, 6.07) is 3.32. The summed E-state index contributed by atoms with van der Waals surface area (Å²) in [7, 11) is 0. The number of ketones is 1. The lowest BCUT2D eigenvalue weighted by atomic mass is 9.95. The Labute approximate surface area is 116 Å². The van der Waals surface area contributed by atoms with E-state index in [1.165, 1.54) is 11.1 Å². The molecule has 2 heterocycles. The smallest absolute Gasteiger partial charge is 0.316 e. The minimum Gasteiger partial charge on any atom is -0.465 e. The maximum absolute atomic E-state index is 12.2. The molecule has 6 nitrogen and oxygen atoms in total. The van der Waals surface area contributed by atoms with Crippen molar-refractivity contribution in [2.45, 2.75) is 13.3 Å². The molecule has 0 aromatic carbocycles. The number of ether oxygens (including phenoxy) is 1. The van der Waals surface area contributed by atoms with Gasteiger partial charge in [-0.25, -0.2) is 0 Å². The Hall–Kier alpha value is -2.24. The summed E-state index contributed by atoms with van der Waals surface area (Å²) in [6.07, 6.45) is 3.35. The van der Waals surface area contributed by atoms with Crippen molar-refractivity contribution in [3.8, 4) is 0 Å². The van der Waals surface area contributed by atoms with E-state index in [1.54, 1.807) is 25.3 Å². The second-order valence-electron chi connectivity index (χ2n) is 4.53. The van der Waals surface area contributed by atoms with Crippen LogP contribution in [0.25, 0.3) is 0 Å². The SMILES string of the molecule is CCOC(=O)C1CCN(C(=O)c2cccnc2)CC1=O. The Kier molecular flexibility index (Phi) is 4.45. The van der Waals surface area contributed by atoms with Gasteiger partial charge >= 0.3 is 5.97 Å². The maximum atomic E-state index is 12.2. The van der Waals surface area contributed by atoms with E-state index in [0.717, 1.165) is 0 Å². The van der Waals surface area contributed by atoms with Crippen molar-refractivity contribution in [2.24, 2.45) is 5.92 Å². The quantitative estimate of drug-likeness (QED) is 0.599. The fraction of sp³-hybridized carbons (Fsp3) is 0.429. The zero-order valence-electron chi connectivity index (χ0n) is 11.2. The molecule has 1 aliphatic rings. The van der Waals surface area contributed by atoms with Gasteiger partial charge in [0.25, 0.3) is 5.91 Å². The molecule has 0 bridgehead atoms. The average molecular weight is 276 g/mol. The number of carbonyl (C=O) groups excluding carboxylic acids is 3. The first-order chi connectivity index (χ1) is 9.63. The van der Waals surface area contributed by atoms with Crippen molar-refractivity contribution >= 4 is 17.7 Å². The average Bonchev–Trinajstić information content (AvgIpc) is 2.47. The number of hydrogen-bond donors (Lipinski definition) is 0. The number of amides is 1. The number of aromatic nitrogens is 1. The van der Waals surface area contributed by atoms with Crippen LogP contribution in [0.5, 0.6) is 0 Å². The number of likely N-dealkylation sites (tertiary alicyclic amines) is 1. The number of piperidine rings is 1. The molecule has 20 heavy (non-hydrogen) atoms. The summed E-state index contributed by atoms with van der Waals surface area (Å²) >= 11 is 0. The van der Waals surface area contributed by atoms with Crippen LogP contribution in [0, 0.1) is 5.92 Å². The van der Waals surface area contributed by atoms with Gasteiger partial charge in [0, 0.05) is 18.9 Å². The molecule has 0 saturated carbocycles. The van der Waals surface area contributed by atoms with Crippen LogP contribution in [0.4, 0.5) is 0 Å². The van der Waals surface area contributed by atoms with Gasteiger partial charge in [-0.15, -0.1) is 0 Å². The molecule has 0 aliphatic carbocycles. The van der Waals surface area contributed by atoms with E-state index in [4.69, 9.17) is 4.74 Å². The fourth-order valence-corrected chi connectivity index (χ4v) is 2.16. The van der Waals surface area contributed by atoms with Gasteiger partial charge in [-0.05, 0) is 25.5 Å². The normalized spacial score (nSPS) is 18.8.